The Kier molecular flexibility index (Phi) is 3.59. The number of rotatable bonds is 1. The number of hydrogen-bond donors (Lipinski definition) is 1. The highest BCUT2D eigenvalue weighted by Gasteiger charge is 2.27. The van der Waals surface area contributed by atoms with Crippen molar-refractivity contribution in [3.63, 3.8) is 0 Å². The van der Waals surface area contributed by atoms with Crippen LogP contribution < -0.4 is 5.32 Å². The van der Waals surface area contributed by atoms with Crippen LogP contribution in [0.5, 0.6) is 0 Å². The first kappa shape index (κ1) is 14.3. The Hall–Kier alpha value is -1.65. The van der Waals surface area contributed by atoms with E-state index < -0.39 is 0 Å². The summed E-state index contributed by atoms with van der Waals surface area (Å²) in [7, 11) is 0. The molecule has 1 aliphatic rings. The molecule has 0 saturated heterocycles. The van der Waals surface area contributed by atoms with E-state index in [2.05, 4.69) is 26.2 Å². The molecule has 5 heteroatoms. The Morgan fingerprint density at radius 3 is 2.67 bits per heavy atom. The predicted octanol–water partition coefficient (Wildman–Crippen LogP) is 4.79. The van der Waals surface area contributed by atoms with E-state index in [-0.39, 0.29) is 5.91 Å². The minimum atomic E-state index is -0.224. The Bertz CT molecular complexity index is 799. The lowest BCUT2D eigenvalue weighted by atomic mass is 10.1. The van der Waals surface area contributed by atoms with Crippen LogP contribution in [0.1, 0.15) is 16.7 Å². The van der Waals surface area contributed by atoms with E-state index in [0.29, 0.717) is 16.4 Å². The SMILES string of the molecule is Cc1c(Br)ccc(N=C2C(=O)Nc3c(Cl)cccc32)c1C. The van der Waals surface area contributed by atoms with E-state index in [1.165, 1.54) is 0 Å². The van der Waals surface area contributed by atoms with Crippen LogP contribution >= 0.6 is 27.5 Å². The van der Waals surface area contributed by atoms with E-state index in [9.17, 15) is 4.79 Å². The van der Waals surface area contributed by atoms with Gasteiger partial charge in [0.15, 0.2) is 0 Å². The summed E-state index contributed by atoms with van der Waals surface area (Å²) in [5.74, 6) is -0.224. The molecule has 2 aromatic rings. The standard InChI is InChI=1S/C16H12BrClN2O/c1-8-9(2)13(7-6-11(8)17)19-15-10-4-3-5-12(18)14(10)20-16(15)21/h3-7H,1-2H3,(H,19,20,21). The van der Waals surface area contributed by atoms with Gasteiger partial charge in [0.05, 0.1) is 16.4 Å². The summed E-state index contributed by atoms with van der Waals surface area (Å²) in [6.07, 6.45) is 0. The van der Waals surface area contributed by atoms with Gasteiger partial charge in [-0.3, -0.25) is 4.79 Å². The fourth-order valence-electron chi connectivity index (χ4n) is 2.27. The van der Waals surface area contributed by atoms with E-state index in [4.69, 9.17) is 11.6 Å². The molecular formula is C16H12BrClN2O. The molecular weight excluding hydrogens is 352 g/mol. The van der Waals surface area contributed by atoms with Crippen molar-refractivity contribution in [3.05, 3.63) is 56.5 Å². The first-order valence-corrected chi connectivity index (χ1v) is 7.60. The quantitative estimate of drug-likeness (QED) is 0.777. The van der Waals surface area contributed by atoms with Gasteiger partial charge >= 0.3 is 0 Å². The second-order valence-corrected chi connectivity index (χ2v) is 6.15. The van der Waals surface area contributed by atoms with Crippen LogP contribution in [-0.2, 0) is 4.79 Å². The van der Waals surface area contributed by atoms with Gasteiger partial charge in [-0.1, -0.05) is 39.7 Å². The molecule has 21 heavy (non-hydrogen) atoms. The Labute approximate surface area is 136 Å². The molecule has 0 aliphatic carbocycles. The van der Waals surface area contributed by atoms with Gasteiger partial charge in [0.1, 0.15) is 5.71 Å². The second-order valence-electron chi connectivity index (χ2n) is 4.89. The molecule has 0 radical (unpaired) electrons. The number of benzene rings is 2. The van der Waals surface area contributed by atoms with Crippen LogP contribution in [-0.4, -0.2) is 11.6 Å². The largest absolute Gasteiger partial charge is 0.319 e. The molecule has 0 spiro atoms. The van der Waals surface area contributed by atoms with Gasteiger partial charge in [0, 0.05) is 10.0 Å². The second kappa shape index (κ2) is 5.28. The highest BCUT2D eigenvalue weighted by molar-refractivity contribution is 9.10. The summed E-state index contributed by atoms with van der Waals surface area (Å²) in [6, 6.07) is 9.25. The Morgan fingerprint density at radius 1 is 1.14 bits per heavy atom. The number of carbonyl (C=O) groups excluding carboxylic acids is 1. The highest BCUT2D eigenvalue weighted by atomic mass is 79.9. The van der Waals surface area contributed by atoms with Crippen molar-refractivity contribution in [2.24, 2.45) is 4.99 Å². The predicted molar refractivity (Wildman–Crippen MR) is 89.9 cm³/mol. The lowest BCUT2D eigenvalue weighted by Crippen LogP contribution is -2.14. The first-order chi connectivity index (χ1) is 9.99. The van der Waals surface area contributed by atoms with Crippen LogP contribution in [0.3, 0.4) is 0 Å². The first-order valence-electron chi connectivity index (χ1n) is 6.43. The molecule has 2 aromatic carbocycles. The normalized spacial score (nSPS) is 15.2. The summed E-state index contributed by atoms with van der Waals surface area (Å²) >= 11 is 9.60. The van der Waals surface area contributed by atoms with E-state index in [1.54, 1.807) is 6.07 Å². The maximum atomic E-state index is 12.1. The topological polar surface area (TPSA) is 41.5 Å². The number of aliphatic imine (C=N–C) groups is 1. The molecule has 106 valence electrons. The molecule has 0 fully saturated rings. The zero-order chi connectivity index (χ0) is 15.1. The van der Waals surface area contributed by atoms with Crippen LogP contribution in [0.25, 0.3) is 0 Å². The molecule has 0 aromatic heterocycles. The average molecular weight is 364 g/mol. The number of amides is 1. The molecule has 0 unspecified atom stereocenters. The van der Waals surface area contributed by atoms with E-state index >= 15 is 0 Å². The lowest BCUT2D eigenvalue weighted by Gasteiger charge is -2.07. The van der Waals surface area contributed by atoms with Gasteiger partial charge < -0.3 is 5.32 Å². The lowest BCUT2D eigenvalue weighted by molar-refractivity contribution is -0.110. The summed E-state index contributed by atoms with van der Waals surface area (Å²) in [5.41, 5.74) is 4.72. The number of para-hydroxylation sites is 1. The monoisotopic (exact) mass is 362 g/mol. The van der Waals surface area contributed by atoms with Gasteiger partial charge in [-0.25, -0.2) is 4.99 Å². The van der Waals surface area contributed by atoms with E-state index in [1.807, 2.05) is 38.1 Å². The smallest absolute Gasteiger partial charge is 0.275 e. The van der Waals surface area contributed by atoms with Crippen LogP contribution in [0, 0.1) is 13.8 Å². The minimum Gasteiger partial charge on any atom is -0.319 e. The summed E-state index contributed by atoms with van der Waals surface area (Å²) in [5, 5.41) is 3.29. The van der Waals surface area contributed by atoms with Crippen molar-refractivity contribution in [1.82, 2.24) is 0 Å². The van der Waals surface area contributed by atoms with Crippen molar-refractivity contribution < 1.29 is 4.79 Å². The highest BCUT2D eigenvalue weighted by Crippen LogP contribution is 2.34. The molecule has 0 saturated carbocycles. The fraction of sp³-hybridized carbons (Fsp3) is 0.125. The number of carbonyl (C=O) groups is 1. The van der Waals surface area contributed by atoms with Gasteiger partial charge in [-0.15, -0.1) is 0 Å². The van der Waals surface area contributed by atoms with Crippen molar-refractivity contribution in [1.29, 1.82) is 0 Å². The number of hydrogen-bond acceptors (Lipinski definition) is 2. The molecule has 0 atom stereocenters. The minimum absolute atomic E-state index is 0.224. The molecule has 1 amide bonds. The van der Waals surface area contributed by atoms with Crippen molar-refractivity contribution >= 4 is 50.5 Å². The van der Waals surface area contributed by atoms with Gasteiger partial charge in [0.25, 0.3) is 5.91 Å². The van der Waals surface area contributed by atoms with Gasteiger partial charge in [-0.05, 0) is 43.2 Å². The molecule has 1 aliphatic heterocycles. The summed E-state index contributed by atoms with van der Waals surface area (Å²) in [6.45, 7) is 4.01. The van der Waals surface area contributed by atoms with Crippen LogP contribution in [0.2, 0.25) is 5.02 Å². The number of fused-ring (bicyclic) bond motifs is 1. The molecule has 0 bridgehead atoms. The third-order valence-corrected chi connectivity index (χ3v) is 4.82. The maximum Gasteiger partial charge on any atom is 0.275 e. The summed E-state index contributed by atoms with van der Waals surface area (Å²) < 4.78 is 1.03. The van der Waals surface area contributed by atoms with Gasteiger partial charge in [0.2, 0.25) is 0 Å². The number of nitrogens with zero attached hydrogens (tertiary/aromatic N) is 1. The fourth-order valence-corrected chi connectivity index (χ4v) is 2.92. The number of halogens is 2. The van der Waals surface area contributed by atoms with Crippen molar-refractivity contribution in [2.75, 3.05) is 5.32 Å². The third kappa shape index (κ3) is 2.39. The summed E-state index contributed by atoms with van der Waals surface area (Å²) in [4.78, 5) is 16.7. The average Bonchev–Trinajstić information content (AvgIpc) is 2.78. The van der Waals surface area contributed by atoms with Crippen LogP contribution in [0.4, 0.5) is 11.4 Å². The maximum absolute atomic E-state index is 12.1. The molecule has 1 heterocycles. The Balaban J connectivity index is 2.16. The Morgan fingerprint density at radius 2 is 1.90 bits per heavy atom. The molecule has 1 N–H and O–H groups in total. The van der Waals surface area contributed by atoms with Crippen LogP contribution in [0.15, 0.2) is 39.8 Å². The van der Waals surface area contributed by atoms with Crippen molar-refractivity contribution in [2.45, 2.75) is 13.8 Å². The van der Waals surface area contributed by atoms with Gasteiger partial charge in [-0.2, -0.15) is 0 Å². The number of nitrogens with one attached hydrogen (secondary N) is 1. The third-order valence-electron chi connectivity index (χ3n) is 3.65. The number of anilines is 1. The van der Waals surface area contributed by atoms with E-state index in [0.717, 1.165) is 26.9 Å². The molecule has 3 rings (SSSR count). The molecule has 3 nitrogen and oxygen atoms in total. The zero-order valence-corrected chi connectivity index (χ0v) is 13.8. The van der Waals surface area contributed by atoms with Crippen molar-refractivity contribution in [3.8, 4) is 0 Å². The zero-order valence-electron chi connectivity index (χ0n) is 11.5.